The maximum atomic E-state index is 11.7. The molecule has 0 saturated carbocycles. The normalized spacial score (nSPS) is 13.2. The molecule has 0 aliphatic rings. The predicted molar refractivity (Wildman–Crippen MR) is 75.4 cm³/mol. The smallest absolute Gasteiger partial charge is 0.234 e. The molecule has 0 spiro atoms. The highest BCUT2D eigenvalue weighted by Gasteiger charge is 2.18. The van der Waals surface area contributed by atoms with Crippen molar-refractivity contribution in [3.8, 4) is 0 Å². The third-order valence-electron chi connectivity index (χ3n) is 2.14. The SMILES string of the molecule is CC(C(=O)Nc1ccc(I)cc1Cl)/C(N)=N/O. The molecule has 0 fully saturated rings. The molecule has 1 rings (SSSR count). The molecule has 7 heteroatoms. The summed E-state index contributed by atoms with van der Waals surface area (Å²) in [6, 6.07) is 5.24. The minimum absolute atomic E-state index is 0.149. The van der Waals surface area contributed by atoms with Crippen molar-refractivity contribution in [3.63, 3.8) is 0 Å². The first-order chi connectivity index (χ1) is 7.95. The summed E-state index contributed by atoms with van der Waals surface area (Å²) in [5.41, 5.74) is 5.83. The van der Waals surface area contributed by atoms with Crippen LogP contribution < -0.4 is 11.1 Å². The fourth-order valence-corrected chi connectivity index (χ4v) is 1.96. The van der Waals surface area contributed by atoms with Crippen LogP contribution in [0.3, 0.4) is 0 Å². The number of anilines is 1. The average molecular weight is 368 g/mol. The van der Waals surface area contributed by atoms with Crippen molar-refractivity contribution in [2.75, 3.05) is 5.32 Å². The summed E-state index contributed by atoms with van der Waals surface area (Å²) < 4.78 is 0.968. The van der Waals surface area contributed by atoms with Gasteiger partial charge in [0.05, 0.1) is 16.6 Å². The van der Waals surface area contributed by atoms with E-state index < -0.39 is 5.92 Å². The van der Waals surface area contributed by atoms with Crippen LogP contribution >= 0.6 is 34.2 Å². The quantitative estimate of drug-likeness (QED) is 0.252. The van der Waals surface area contributed by atoms with Crippen LogP contribution in [0.4, 0.5) is 5.69 Å². The summed E-state index contributed by atoms with van der Waals surface area (Å²) in [4.78, 5) is 11.7. The number of rotatable bonds is 3. The molecule has 1 atom stereocenters. The Morgan fingerprint density at radius 3 is 2.82 bits per heavy atom. The van der Waals surface area contributed by atoms with Crippen LogP contribution in [0.25, 0.3) is 0 Å². The fourth-order valence-electron chi connectivity index (χ4n) is 1.05. The molecule has 0 aromatic heterocycles. The van der Waals surface area contributed by atoms with Gasteiger partial charge in [0, 0.05) is 3.57 Å². The second-order valence-corrected chi connectivity index (χ2v) is 5.01. The van der Waals surface area contributed by atoms with E-state index in [1.54, 1.807) is 12.1 Å². The third kappa shape index (κ3) is 3.74. The van der Waals surface area contributed by atoms with Gasteiger partial charge in [-0.05, 0) is 47.7 Å². The number of nitrogens with one attached hydrogen (secondary N) is 1. The van der Waals surface area contributed by atoms with Crippen LogP contribution in [0.15, 0.2) is 23.4 Å². The lowest BCUT2D eigenvalue weighted by Crippen LogP contribution is -2.32. The van der Waals surface area contributed by atoms with Crippen molar-refractivity contribution in [2.45, 2.75) is 6.92 Å². The molecule has 1 aromatic rings. The third-order valence-corrected chi connectivity index (χ3v) is 3.13. The lowest BCUT2D eigenvalue weighted by molar-refractivity contribution is -0.117. The molecule has 1 unspecified atom stereocenters. The Hall–Kier alpha value is -1.02. The highest BCUT2D eigenvalue weighted by molar-refractivity contribution is 14.1. The number of oxime groups is 1. The van der Waals surface area contributed by atoms with Gasteiger partial charge < -0.3 is 16.3 Å². The first-order valence-corrected chi connectivity index (χ1v) is 6.14. The maximum Gasteiger partial charge on any atom is 0.234 e. The van der Waals surface area contributed by atoms with Gasteiger partial charge in [-0.1, -0.05) is 16.8 Å². The molecule has 1 amide bonds. The predicted octanol–water partition coefficient (Wildman–Crippen LogP) is 2.27. The van der Waals surface area contributed by atoms with Crippen molar-refractivity contribution in [1.82, 2.24) is 0 Å². The van der Waals surface area contributed by atoms with Crippen molar-refractivity contribution < 1.29 is 10.0 Å². The van der Waals surface area contributed by atoms with E-state index >= 15 is 0 Å². The van der Waals surface area contributed by atoms with E-state index in [1.165, 1.54) is 6.92 Å². The van der Waals surface area contributed by atoms with Gasteiger partial charge >= 0.3 is 0 Å². The number of benzene rings is 1. The molecule has 0 saturated heterocycles. The Morgan fingerprint density at radius 1 is 1.65 bits per heavy atom. The minimum Gasteiger partial charge on any atom is -0.409 e. The van der Waals surface area contributed by atoms with Crippen molar-refractivity contribution >= 4 is 51.6 Å². The fraction of sp³-hybridized carbons (Fsp3) is 0.200. The highest BCUT2D eigenvalue weighted by atomic mass is 127. The molecule has 17 heavy (non-hydrogen) atoms. The minimum atomic E-state index is -0.727. The summed E-state index contributed by atoms with van der Waals surface area (Å²) in [6.45, 7) is 1.53. The summed E-state index contributed by atoms with van der Waals surface area (Å²) in [6.07, 6.45) is 0. The largest absolute Gasteiger partial charge is 0.409 e. The number of nitrogens with two attached hydrogens (primary N) is 1. The number of amidine groups is 1. The van der Waals surface area contributed by atoms with Gasteiger partial charge in [-0.25, -0.2) is 0 Å². The van der Waals surface area contributed by atoms with Crippen molar-refractivity contribution in [3.05, 3.63) is 26.8 Å². The molecule has 0 radical (unpaired) electrons. The van der Waals surface area contributed by atoms with Crippen molar-refractivity contribution in [1.29, 1.82) is 0 Å². The molecular weight excluding hydrogens is 356 g/mol. The Balaban J connectivity index is 2.81. The topological polar surface area (TPSA) is 87.7 Å². The molecule has 0 bridgehead atoms. The lowest BCUT2D eigenvalue weighted by atomic mass is 10.1. The van der Waals surface area contributed by atoms with Crippen LogP contribution in [0.1, 0.15) is 6.92 Å². The van der Waals surface area contributed by atoms with Crippen LogP contribution in [0, 0.1) is 9.49 Å². The Morgan fingerprint density at radius 2 is 2.29 bits per heavy atom. The first kappa shape index (κ1) is 14.0. The zero-order valence-corrected chi connectivity index (χ0v) is 11.9. The number of hydrogen-bond acceptors (Lipinski definition) is 3. The van der Waals surface area contributed by atoms with E-state index in [4.69, 9.17) is 22.5 Å². The molecule has 92 valence electrons. The van der Waals surface area contributed by atoms with E-state index in [1.807, 2.05) is 6.07 Å². The summed E-state index contributed by atoms with van der Waals surface area (Å²) in [5, 5.41) is 14.3. The molecular formula is C10H11ClIN3O2. The molecule has 4 N–H and O–H groups in total. The average Bonchev–Trinajstić information content (AvgIpc) is 2.30. The molecule has 5 nitrogen and oxygen atoms in total. The van der Waals surface area contributed by atoms with Gasteiger partial charge in [-0.15, -0.1) is 0 Å². The highest BCUT2D eigenvalue weighted by Crippen LogP contribution is 2.24. The summed E-state index contributed by atoms with van der Waals surface area (Å²) in [5.74, 6) is -1.26. The number of carbonyl (C=O) groups excluding carboxylic acids is 1. The summed E-state index contributed by atoms with van der Waals surface area (Å²) in [7, 11) is 0. The standard InChI is InChI=1S/C10H11ClIN3O2/c1-5(9(13)15-17)10(16)14-8-3-2-6(12)4-7(8)11/h2-5,17H,1H3,(H2,13,15)(H,14,16). The van der Waals surface area contributed by atoms with Gasteiger partial charge in [0.1, 0.15) is 0 Å². The molecule has 0 aliphatic carbocycles. The lowest BCUT2D eigenvalue weighted by Gasteiger charge is -2.11. The van der Waals surface area contributed by atoms with Crippen LogP contribution in [0.2, 0.25) is 5.02 Å². The van der Waals surface area contributed by atoms with Crippen LogP contribution in [-0.2, 0) is 4.79 Å². The van der Waals surface area contributed by atoms with Gasteiger partial charge in [0.15, 0.2) is 5.84 Å². The number of halogens is 2. The number of hydrogen-bond donors (Lipinski definition) is 3. The van der Waals surface area contributed by atoms with Crippen LogP contribution in [0.5, 0.6) is 0 Å². The number of carbonyl (C=O) groups is 1. The molecule has 1 aromatic carbocycles. The Bertz CT molecular complexity index is 465. The second-order valence-electron chi connectivity index (χ2n) is 3.36. The van der Waals surface area contributed by atoms with E-state index in [2.05, 4.69) is 33.1 Å². The molecule has 0 aliphatic heterocycles. The zero-order valence-electron chi connectivity index (χ0n) is 8.95. The Labute approximate surface area is 117 Å². The zero-order chi connectivity index (χ0) is 13.0. The maximum absolute atomic E-state index is 11.7. The number of amides is 1. The summed E-state index contributed by atoms with van der Waals surface area (Å²) >= 11 is 8.08. The van der Waals surface area contributed by atoms with Gasteiger partial charge in [0.2, 0.25) is 5.91 Å². The van der Waals surface area contributed by atoms with E-state index in [-0.39, 0.29) is 11.7 Å². The van der Waals surface area contributed by atoms with Gasteiger partial charge in [0.25, 0.3) is 0 Å². The second kappa shape index (κ2) is 6.06. The van der Waals surface area contributed by atoms with Crippen LogP contribution in [-0.4, -0.2) is 17.0 Å². The van der Waals surface area contributed by atoms with E-state index in [0.717, 1.165) is 3.57 Å². The Kier molecular flexibility index (Phi) is 5.01. The van der Waals surface area contributed by atoms with Gasteiger partial charge in [-0.3, -0.25) is 4.79 Å². The monoisotopic (exact) mass is 367 g/mol. The number of nitrogens with zero attached hydrogens (tertiary/aromatic N) is 1. The van der Waals surface area contributed by atoms with Crippen molar-refractivity contribution in [2.24, 2.45) is 16.8 Å². The van der Waals surface area contributed by atoms with Gasteiger partial charge in [-0.2, -0.15) is 0 Å². The van der Waals surface area contributed by atoms with E-state index in [0.29, 0.717) is 10.7 Å². The van der Waals surface area contributed by atoms with E-state index in [9.17, 15) is 4.79 Å². The molecule has 0 heterocycles. The first-order valence-electron chi connectivity index (χ1n) is 4.69.